The molecule has 0 saturated heterocycles. The van der Waals surface area contributed by atoms with E-state index in [9.17, 15) is 9.59 Å². The average molecular weight is 401 g/mol. The highest BCUT2D eigenvalue weighted by Crippen LogP contribution is 2.19. The molecule has 0 fully saturated rings. The summed E-state index contributed by atoms with van der Waals surface area (Å²) in [6.45, 7) is 4.26. The molecule has 0 spiro atoms. The normalized spacial score (nSPS) is 10.7. The highest BCUT2D eigenvalue weighted by molar-refractivity contribution is 6.33. The van der Waals surface area contributed by atoms with Gasteiger partial charge >= 0.3 is 0 Å². The highest BCUT2D eigenvalue weighted by atomic mass is 35.5. The van der Waals surface area contributed by atoms with Gasteiger partial charge in [0, 0.05) is 5.56 Å². The van der Waals surface area contributed by atoms with Gasteiger partial charge in [-0.15, -0.1) is 0 Å². The van der Waals surface area contributed by atoms with Crippen LogP contribution in [0.4, 0.5) is 0 Å². The largest absolute Gasteiger partial charge is 0.272 e. The van der Waals surface area contributed by atoms with Crippen molar-refractivity contribution in [3.63, 3.8) is 0 Å². The van der Waals surface area contributed by atoms with E-state index >= 15 is 0 Å². The molecule has 0 aliphatic rings. The summed E-state index contributed by atoms with van der Waals surface area (Å²) in [4.78, 5) is 26.1. The van der Waals surface area contributed by atoms with Gasteiger partial charge in [-0.2, -0.15) is 0 Å². The van der Waals surface area contributed by atoms with Gasteiger partial charge in [0.1, 0.15) is 0 Å². The number of benzene rings is 2. The fourth-order valence-electron chi connectivity index (χ4n) is 3.12. The van der Waals surface area contributed by atoms with Crippen molar-refractivity contribution in [1.29, 1.82) is 0 Å². The SMILES string of the molecule is CCCCC(CCCC)N(NC(=O)c1ccccc1Cl)C(=O)c1ccccc1. The molecule has 5 heteroatoms. The van der Waals surface area contributed by atoms with Crippen molar-refractivity contribution in [3.05, 3.63) is 70.7 Å². The van der Waals surface area contributed by atoms with Crippen molar-refractivity contribution in [1.82, 2.24) is 10.4 Å². The van der Waals surface area contributed by atoms with Gasteiger partial charge < -0.3 is 0 Å². The van der Waals surface area contributed by atoms with E-state index in [1.807, 2.05) is 18.2 Å². The molecular formula is C23H29ClN2O2. The van der Waals surface area contributed by atoms with E-state index in [1.54, 1.807) is 36.4 Å². The molecule has 2 aromatic rings. The van der Waals surface area contributed by atoms with Gasteiger partial charge in [-0.1, -0.05) is 81.5 Å². The van der Waals surface area contributed by atoms with E-state index in [1.165, 1.54) is 5.01 Å². The molecule has 0 bridgehead atoms. The number of hydrogen-bond donors (Lipinski definition) is 1. The maximum absolute atomic E-state index is 13.2. The van der Waals surface area contributed by atoms with Crippen molar-refractivity contribution >= 4 is 23.4 Å². The number of rotatable bonds is 9. The van der Waals surface area contributed by atoms with Crippen molar-refractivity contribution in [2.24, 2.45) is 0 Å². The van der Waals surface area contributed by atoms with E-state index in [0.717, 1.165) is 38.5 Å². The van der Waals surface area contributed by atoms with E-state index in [-0.39, 0.29) is 17.9 Å². The lowest BCUT2D eigenvalue weighted by atomic mass is 10.0. The fraction of sp³-hybridized carbons (Fsp3) is 0.391. The quantitative estimate of drug-likeness (QED) is 0.534. The standard InChI is InChI=1S/C23H29ClN2O2/c1-3-5-14-19(15-6-4-2)26(23(28)18-12-8-7-9-13-18)25-22(27)20-16-10-11-17-21(20)24/h7-13,16-17,19H,3-6,14-15H2,1-2H3,(H,25,27). The molecule has 0 atom stereocenters. The van der Waals surface area contributed by atoms with Crippen LogP contribution in [0.5, 0.6) is 0 Å². The third kappa shape index (κ3) is 6.10. The molecule has 0 aromatic heterocycles. The summed E-state index contributed by atoms with van der Waals surface area (Å²) in [5.41, 5.74) is 3.77. The number of unbranched alkanes of at least 4 members (excludes halogenated alkanes) is 2. The van der Waals surface area contributed by atoms with E-state index in [0.29, 0.717) is 16.1 Å². The minimum Gasteiger partial charge on any atom is -0.267 e. The van der Waals surface area contributed by atoms with Crippen LogP contribution in [-0.2, 0) is 0 Å². The Bertz CT molecular complexity index is 756. The van der Waals surface area contributed by atoms with Gasteiger partial charge in [-0.25, -0.2) is 5.01 Å². The first kappa shape index (κ1) is 22.0. The zero-order valence-electron chi connectivity index (χ0n) is 16.7. The number of halogens is 1. The molecule has 0 unspecified atom stereocenters. The Morgan fingerprint density at radius 3 is 2.07 bits per heavy atom. The molecule has 0 heterocycles. The van der Waals surface area contributed by atoms with Crippen LogP contribution in [-0.4, -0.2) is 22.9 Å². The second-order valence-electron chi connectivity index (χ2n) is 6.90. The van der Waals surface area contributed by atoms with Crippen LogP contribution in [0.1, 0.15) is 73.1 Å². The Morgan fingerprint density at radius 2 is 1.50 bits per heavy atom. The van der Waals surface area contributed by atoms with Crippen LogP contribution in [0.15, 0.2) is 54.6 Å². The van der Waals surface area contributed by atoms with E-state index in [2.05, 4.69) is 19.3 Å². The molecule has 4 nitrogen and oxygen atoms in total. The number of amides is 2. The molecule has 2 amide bonds. The summed E-state index contributed by atoms with van der Waals surface area (Å²) in [6, 6.07) is 15.9. The summed E-state index contributed by atoms with van der Waals surface area (Å²) < 4.78 is 0. The Balaban J connectivity index is 2.32. The molecule has 28 heavy (non-hydrogen) atoms. The van der Waals surface area contributed by atoms with Gasteiger partial charge in [-0.05, 0) is 37.1 Å². The van der Waals surface area contributed by atoms with E-state index < -0.39 is 0 Å². The molecule has 0 aliphatic carbocycles. The molecule has 1 N–H and O–H groups in total. The third-order valence-corrected chi connectivity index (χ3v) is 5.06. The van der Waals surface area contributed by atoms with Crippen molar-refractivity contribution < 1.29 is 9.59 Å². The lowest BCUT2D eigenvalue weighted by Crippen LogP contribution is -2.52. The number of nitrogens with zero attached hydrogens (tertiary/aromatic N) is 1. The van der Waals surface area contributed by atoms with Gasteiger partial charge in [0.05, 0.1) is 16.6 Å². The smallest absolute Gasteiger partial charge is 0.267 e. The number of nitrogens with one attached hydrogen (secondary N) is 1. The molecule has 0 aliphatic heterocycles. The lowest BCUT2D eigenvalue weighted by molar-refractivity contribution is 0.0450. The number of hydrogen-bond acceptors (Lipinski definition) is 2. The molecular weight excluding hydrogens is 372 g/mol. The van der Waals surface area contributed by atoms with Crippen LogP contribution < -0.4 is 5.43 Å². The first-order chi connectivity index (χ1) is 13.6. The van der Waals surface area contributed by atoms with Crippen LogP contribution in [0.2, 0.25) is 5.02 Å². The third-order valence-electron chi connectivity index (χ3n) is 4.73. The summed E-state index contributed by atoms with van der Waals surface area (Å²) in [5, 5.41) is 1.89. The fourth-order valence-corrected chi connectivity index (χ4v) is 3.35. The summed E-state index contributed by atoms with van der Waals surface area (Å²) in [5.74, 6) is -0.564. The highest BCUT2D eigenvalue weighted by Gasteiger charge is 2.27. The zero-order chi connectivity index (χ0) is 20.4. The summed E-state index contributed by atoms with van der Waals surface area (Å²) in [7, 11) is 0. The Morgan fingerprint density at radius 1 is 0.929 bits per heavy atom. The first-order valence-corrected chi connectivity index (χ1v) is 10.4. The topological polar surface area (TPSA) is 49.4 Å². The minimum atomic E-state index is -0.368. The van der Waals surface area contributed by atoms with Crippen LogP contribution in [0.3, 0.4) is 0 Å². The lowest BCUT2D eigenvalue weighted by Gasteiger charge is -2.32. The molecule has 2 aromatic carbocycles. The Kier molecular flexibility index (Phi) is 9.02. The minimum absolute atomic E-state index is 0.0564. The maximum atomic E-state index is 13.2. The van der Waals surface area contributed by atoms with Gasteiger partial charge in [-0.3, -0.25) is 15.0 Å². The summed E-state index contributed by atoms with van der Waals surface area (Å²) >= 11 is 6.18. The van der Waals surface area contributed by atoms with E-state index in [4.69, 9.17) is 11.6 Å². The van der Waals surface area contributed by atoms with Crippen LogP contribution >= 0.6 is 11.6 Å². The van der Waals surface area contributed by atoms with Gasteiger partial charge in [0.25, 0.3) is 11.8 Å². The maximum Gasteiger partial charge on any atom is 0.272 e. The van der Waals surface area contributed by atoms with Crippen molar-refractivity contribution in [2.45, 2.75) is 58.4 Å². The molecule has 150 valence electrons. The monoisotopic (exact) mass is 400 g/mol. The van der Waals surface area contributed by atoms with Crippen molar-refractivity contribution in [2.75, 3.05) is 0 Å². The number of carbonyl (C=O) groups excluding carboxylic acids is 2. The zero-order valence-corrected chi connectivity index (χ0v) is 17.4. The molecule has 0 radical (unpaired) electrons. The van der Waals surface area contributed by atoms with Crippen molar-refractivity contribution in [3.8, 4) is 0 Å². The van der Waals surface area contributed by atoms with Crippen LogP contribution in [0.25, 0.3) is 0 Å². The predicted molar refractivity (Wildman–Crippen MR) is 114 cm³/mol. The first-order valence-electron chi connectivity index (χ1n) is 10.0. The predicted octanol–water partition coefficient (Wildman–Crippen LogP) is 5.88. The average Bonchev–Trinajstić information content (AvgIpc) is 2.73. The van der Waals surface area contributed by atoms with Crippen LogP contribution in [0, 0.1) is 0 Å². The number of carbonyl (C=O) groups is 2. The number of hydrazine groups is 1. The molecule has 2 rings (SSSR count). The van der Waals surface area contributed by atoms with Gasteiger partial charge in [0.2, 0.25) is 0 Å². The van der Waals surface area contributed by atoms with Gasteiger partial charge in [0.15, 0.2) is 0 Å². The molecule has 0 saturated carbocycles. The Labute approximate surface area is 172 Å². The summed E-state index contributed by atoms with van der Waals surface area (Å²) in [6.07, 6.45) is 5.75. The second-order valence-corrected chi connectivity index (χ2v) is 7.31. The Hall–Kier alpha value is -2.33. The second kappa shape index (κ2) is 11.5.